The summed E-state index contributed by atoms with van der Waals surface area (Å²) in [5.74, 6) is 0.141. The van der Waals surface area contributed by atoms with E-state index >= 15 is 0 Å². The lowest BCUT2D eigenvalue weighted by atomic mass is 10.1. The van der Waals surface area contributed by atoms with Crippen LogP contribution >= 0.6 is 24.0 Å². The van der Waals surface area contributed by atoms with Crippen molar-refractivity contribution in [1.82, 2.24) is 10.2 Å². The fraction of sp³-hybridized carbons (Fsp3) is 0.533. The number of methoxy groups -OCH3 is 1. The van der Waals surface area contributed by atoms with Crippen molar-refractivity contribution in [2.75, 3.05) is 32.5 Å². The van der Waals surface area contributed by atoms with E-state index in [0.29, 0.717) is 22.0 Å². The van der Waals surface area contributed by atoms with Crippen LogP contribution in [0.5, 0.6) is 5.75 Å². The zero-order valence-electron chi connectivity index (χ0n) is 13.2. The van der Waals surface area contributed by atoms with Crippen molar-refractivity contribution in [3.63, 3.8) is 0 Å². The Hall–Kier alpha value is -1.21. The summed E-state index contributed by atoms with van der Waals surface area (Å²) in [6.07, 6.45) is 0.723. The van der Waals surface area contributed by atoms with Gasteiger partial charge in [0.15, 0.2) is 0 Å². The molecule has 0 radical (unpaired) electrons. The molecule has 2 atom stereocenters. The number of rotatable bonds is 5. The second kappa shape index (κ2) is 8.59. The number of likely N-dealkylation sites (tertiary alicyclic amines) is 1. The van der Waals surface area contributed by atoms with Crippen LogP contribution in [0.15, 0.2) is 12.1 Å². The Kier molecular flexibility index (Phi) is 7.41. The highest BCUT2D eigenvalue weighted by Gasteiger charge is 2.32. The number of amides is 1. The lowest BCUT2D eigenvalue weighted by molar-refractivity contribution is 0.0935. The molecule has 1 saturated heterocycles. The van der Waals surface area contributed by atoms with E-state index in [1.54, 1.807) is 6.07 Å². The molecule has 0 aliphatic carbocycles. The van der Waals surface area contributed by atoms with Crippen LogP contribution < -0.4 is 15.8 Å². The molecule has 6 nitrogen and oxygen atoms in total. The van der Waals surface area contributed by atoms with Crippen LogP contribution in [0.25, 0.3) is 0 Å². The predicted molar refractivity (Wildman–Crippen MR) is 93.7 cm³/mol. The summed E-state index contributed by atoms with van der Waals surface area (Å²) in [7, 11) is 1.48. The Bertz CT molecular complexity index is 545. The van der Waals surface area contributed by atoms with E-state index in [9.17, 15) is 9.90 Å². The Morgan fingerprint density at radius 2 is 2.26 bits per heavy atom. The number of aliphatic hydroxyl groups excluding tert-OH is 1. The number of halogens is 2. The lowest BCUT2D eigenvalue weighted by Crippen LogP contribution is -2.37. The van der Waals surface area contributed by atoms with Crippen molar-refractivity contribution in [2.24, 2.45) is 0 Å². The van der Waals surface area contributed by atoms with Crippen molar-refractivity contribution >= 4 is 35.6 Å². The quantitative estimate of drug-likeness (QED) is 0.690. The van der Waals surface area contributed by atoms with Crippen LogP contribution in [-0.2, 0) is 0 Å². The molecule has 1 aromatic rings. The molecule has 0 bridgehead atoms. The molecule has 4 N–H and O–H groups in total. The van der Waals surface area contributed by atoms with Crippen molar-refractivity contribution in [2.45, 2.75) is 25.4 Å². The molecule has 1 aromatic carbocycles. The Labute approximate surface area is 147 Å². The minimum absolute atomic E-state index is 0. The summed E-state index contributed by atoms with van der Waals surface area (Å²) in [5, 5.41) is 12.7. The molecule has 0 aromatic heterocycles. The van der Waals surface area contributed by atoms with Crippen LogP contribution in [-0.4, -0.2) is 54.8 Å². The SMILES string of the molecule is CCN1C[C@@H](NC(=O)c2cc(Cl)c(N)cc2OC)C[C@H]1CO.Cl. The first kappa shape index (κ1) is 19.8. The number of carbonyl (C=O) groups excluding carboxylic acids is 1. The molecule has 1 aliphatic heterocycles. The van der Waals surface area contributed by atoms with Gasteiger partial charge in [-0.15, -0.1) is 12.4 Å². The van der Waals surface area contributed by atoms with E-state index < -0.39 is 0 Å². The summed E-state index contributed by atoms with van der Waals surface area (Å²) in [4.78, 5) is 14.6. The minimum atomic E-state index is -0.251. The van der Waals surface area contributed by atoms with Gasteiger partial charge in [-0.25, -0.2) is 0 Å². The summed E-state index contributed by atoms with van der Waals surface area (Å²) in [6, 6.07) is 3.14. The number of hydrogen-bond donors (Lipinski definition) is 3. The molecule has 0 spiro atoms. The van der Waals surface area contributed by atoms with Crippen LogP contribution in [0.3, 0.4) is 0 Å². The maximum absolute atomic E-state index is 12.5. The van der Waals surface area contributed by atoms with Crippen LogP contribution in [0.2, 0.25) is 5.02 Å². The molecule has 1 amide bonds. The standard InChI is InChI=1S/C15H22ClN3O3.ClH/c1-3-19-7-9(4-10(19)8-20)18-15(21)11-5-12(16)13(17)6-14(11)22-2;/h5-6,9-10,20H,3-4,7-8,17H2,1-2H3,(H,18,21);1H/t9-,10-;/m0./s1. The number of hydrogen-bond acceptors (Lipinski definition) is 5. The van der Waals surface area contributed by atoms with E-state index in [1.165, 1.54) is 13.2 Å². The Morgan fingerprint density at radius 3 is 2.78 bits per heavy atom. The van der Waals surface area contributed by atoms with Crippen LogP contribution in [0, 0.1) is 0 Å². The fourth-order valence-electron chi connectivity index (χ4n) is 2.84. The zero-order chi connectivity index (χ0) is 16.3. The fourth-order valence-corrected chi connectivity index (χ4v) is 3.01. The second-order valence-corrected chi connectivity index (χ2v) is 5.81. The van der Waals surface area contributed by atoms with Gasteiger partial charge in [-0.1, -0.05) is 18.5 Å². The average Bonchev–Trinajstić information content (AvgIpc) is 2.91. The average molecular weight is 364 g/mol. The maximum atomic E-state index is 12.5. The highest BCUT2D eigenvalue weighted by atomic mass is 35.5. The number of aliphatic hydroxyl groups is 1. The maximum Gasteiger partial charge on any atom is 0.255 e. The molecule has 0 unspecified atom stereocenters. The van der Waals surface area contributed by atoms with Crippen LogP contribution in [0.1, 0.15) is 23.7 Å². The first-order chi connectivity index (χ1) is 10.5. The highest BCUT2D eigenvalue weighted by Crippen LogP contribution is 2.29. The molecule has 23 heavy (non-hydrogen) atoms. The summed E-state index contributed by atoms with van der Waals surface area (Å²) >= 11 is 5.99. The Morgan fingerprint density at radius 1 is 1.57 bits per heavy atom. The number of likely N-dealkylation sites (N-methyl/N-ethyl adjacent to an activating group) is 1. The van der Waals surface area contributed by atoms with E-state index in [2.05, 4.69) is 10.2 Å². The number of ether oxygens (including phenoxy) is 1. The second-order valence-electron chi connectivity index (χ2n) is 5.40. The van der Waals surface area contributed by atoms with Gasteiger partial charge in [-0.2, -0.15) is 0 Å². The number of nitrogen functional groups attached to an aromatic ring is 1. The van der Waals surface area contributed by atoms with Gasteiger partial charge < -0.3 is 20.9 Å². The van der Waals surface area contributed by atoms with Gasteiger partial charge in [0.2, 0.25) is 0 Å². The molecule has 0 saturated carbocycles. The number of nitrogens with two attached hydrogens (primary N) is 1. The zero-order valence-corrected chi connectivity index (χ0v) is 14.8. The summed E-state index contributed by atoms with van der Waals surface area (Å²) in [5.41, 5.74) is 6.45. The van der Waals surface area contributed by atoms with Crippen molar-refractivity contribution < 1.29 is 14.6 Å². The van der Waals surface area contributed by atoms with Gasteiger partial charge in [0.25, 0.3) is 5.91 Å². The molecule has 1 aliphatic rings. The molecule has 2 rings (SSSR count). The van der Waals surface area contributed by atoms with E-state index in [4.69, 9.17) is 22.1 Å². The van der Waals surface area contributed by atoms with E-state index in [0.717, 1.165) is 19.5 Å². The predicted octanol–water partition coefficient (Wildman–Crippen LogP) is 1.54. The third kappa shape index (κ3) is 4.41. The molecule has 1 fully saturated rings. The lowest BCUT2D eigenvalue weighted by Gasteiger charge is -2.19. The first-order valence-electron chi connectivity index (χ1n) is 7.28. The van der Waals surface area contributed by atoms with Gasteiger partial charge in [-0.05, 0) is 19.0 Å². The molecular weight excluding hydrogens is 341 g/mol. The van der Waals surface area contributed by atoms with Gasteiger partial charge in [0, 0.05) is 24.7 Å². The van der Waals surface area contributed by atoms with Crippen molar-refractivity contribution in [1.29, 1.82) is 0 Å². The largest absolute Gasteiger partial charge is 0.496 e. The summed E-state index contributed by atoms with van der Waals surface area (Å²) < 4.78 is 5.20. The number of carbonyl (C=O) groups is 1. The van der Waals surface area contributed by atoms with Crippen molar-refractivity contribution in [3.05, 3.63) is 22.7 Å². The van der Waals surface area contributed by atoms with Gasteiger partial charge in [-0.3, -0.25) is 9.69 Å². The number of anilines is 1. The van der Waals surface area contributed by atoms with E-state index in [1.807, 2.05) is 6.92 Å². The molecule has 1 heterocycles. The number of nitrogens with zero attached hydrogens (tertiary/aromatic N) is 1. The monoisotopic (exact) mass is 363 g/mol. The third-order valence-corrected chi connectivity index (χ3v) is 4.37. The number of nitrogens with one attached hydrogen (secondary N) is 1. The van der Waals surface area contributed by atoms with Crippen molar-refractivity contribution in [3.8, 4) is 5.75 Å². The van der Waals surface area contributed by atoms with Crippen LogP contribution in [0.4, 0.5) is 5.69 Å². The minimum Gasteiger partial charge on any atom is -0.496 e. The molecule has 130 valence electrons. The summed E-state index contributed by atoms with van der Waals surface area (Å²) in [6.45, 7) is 3.69. The van der Waals surface area contributed by atoms with Gasteiger partial charge >= 0.3 is 0 Å². The normalized spacial score (nSPS) is 20.9. The molecule has 8 heteroatoms. The first-order valence-corrected chi connectivity index (χ1v) is 7.66. The highest BCUT2D eigenvalue weighted by molar-refractivity contribution is 6.33. The van der Waals surface area contributed by atoms with Gasteiger partial charge in [0.05, 0.1) is 30.0 Å². The molecular formula is C15H23Cl2N3O3. The number of benzene rings is 1. The van der Waals surface area contributed by atoms with Gasteiger partial charge in [0.1, 0.15) is 5.75 Å². The topological polar surface area (TPSA) is 87.8 Å². The third-order valence-electron chi connectivity index (χ3n) is 4.04. The Balaban J connectivity index is 0.00000264. The smallest absolute Gasteiger partial charge is 0.255 e. The van der Waals surface area contributed by atoms with E-state index in [-0.39, 0.29) is 37.0 Å².